The molecule has 5 nitrogen and oxygen atoms in total. The Morgan fingerprint density at radius 2 is 1.81 bits per heavy atom. The highest BCUT2D eigenvalue weighted by atomic mass is 16.5. The summed E-state index contributed by atoms with van der Waals surface area (Å²) in [6.45, 7) is 3.04. The molecule has 4 rings (SSSR count). The number of benzene rings is 2. The summed E-state index contributed by atoms with van der Waals surface area (Å²) in [5.41, 5.74) is 4.14. The van der Waals surface area contributed by atoms with E-state index in [4.69, 9.17) is 4.74 Å². The van der Waals surface area contributed by atoms with E-state index in [1.165, 1.54) is 31.2 Å². The molecular formula is C26H31N2O3-. The van der Waals surface area contributed by atoms with Crippen molar-refractivity contribution >= 4 is 16.9 Å². The van der Waals surface area contributed by atoms with E-state index in [1.807, 2.05) is 41.8 Å². The highest BCUT2D eigenvalue weighted by Gasteiger charge is 2.20. The summed E-state index contributed by atoms with van der Waals surface area (Å²) in [5.74, 6) is -0.428. The molecule has 0 unspecified atom stereocenters. The monoisotopic (exact) mass is 419 g/mol. The van der Waals surface area contributed by atoms with Gasteiger partial charge < -0.3 is 24.5 Å². The lowest BCUT2D eigenvalue weighted by atomic mass is 10.1. The lowest BCUT2D eigenvalue weighted by Gasteiger charge is -2.18. The molecule has 1 aliphatic rings. The second-order valence-electron chi connectivity index (χ2n) is 8.64. The van der Waals surface area contributed by atoms with Gasteiger partial charge in [0.05, 0.1) is 24.3 Å². The Morgan fingerprint density at radius 3 is 2.45 bits per heavy atom. The molecule has 0 atom stereocenters. The van der Waals surface area contributed by atoms with E-state index in [0.29, 0.717) is 24.9 Å². The number of hydrogen-bond donors (Lipinski definition) is 1. The SMILES string of the molecule is COc1ccc2c(CNC3CCCCCC3)c(C(=O)[O-])n(Cc3ccc(C)cc3)c2c1. The normalized spacial score (nSPS) is 15.2. The first-order valence-corrected chi connectivity index (χ1v) is 11.3. The van der Waals surface area contributed by atoms with Crippen LogP contribution < -0.4 is 15.2 Å². The number of nitrogens with one attached hydrogen (secondary N) is 1. The first-order chi connectivity index (χ1) is 15.1. The fourth-order valence-corrected chi connectivity index (χ4v) is 4.71. The molecule has 1 heterocycles. The number of carbonyl (C=O) groups excluding carboxylic acids is 1. The first-order valence-electron chi connectivity index (χ1n) is 11.3. The van der Waals surface area contributed by atoms with Crippen LogP contribution in [0.4, 0.5) is 0 Å². The lowest BCUT2D eigenvalue weighted by Crippen LogP contribution is -2.31. The molecule has 0 radical (unpaired) electrons. The topological polar surface area (TPSA) is 66.3 Å². The van der Waals surface area contributed by atoms with E-state index in [-0.39, 0.29) is 5.69 Å². The zero-order chi connectivity index (χ0) is 21.8. The average molecular weight is 420 g/mol. The third-order valence-electron chi connectivity index (χ3n) is 6.45. The van der Waals surface area contributed by atoms with Crippen molar-refractivity contribution in [1.82, 2.24) is 9.88 Å². The number of carboxylic acid groups (broad SMARTS) is 1. The molecule has 31 heavy (non-hydrogen) atoms. The molecule has 1 N–H and O–H groups in total. The van der Waals surface area contributed by atoms with Gasteiger partial charge in [-0.15, -0.1) is 0 Å². The fourth-order valence-electron chi connectivity index (χ4n) is 4.71. The van der Waals surface area contributed by atoms with Crippen LogP contribution in [-0.4, -0.2) is 23.7 Å². The highest BCUT2D eigenvalue weighted by molar-refractivity contribution is 5.98. The van der Waals surface area contributed by atoms with Crippen LogP contribution in [0.2, 0.25) is 0 Å². The van der Waals surface area contributed by atoms with E-state index in [9.17, 15) is 9.90 Å². The third kappa shape index (κ3) is 4.77. The minimum atomic E-state index is -1.14. The summed E-state index contributed by atoms with van der Waals surface area (Å²) < 4.78 is 7.29. The van der Waals surface area contributed by atoms with E-state index in [2.05, 4.69) is 17.4 Å². The summed E-state index contributed by atoms with van der Waals surface area (Å²) in [6.07, 6.45) is 7.35. The predicted molar refractivity (Wildman–Crippen MR) is 121 cm³/mol. The largest absolute Gasteiger partial charge is 0.543 e. The number of aromatic carboxylic acids is 1. The van der Waals surface area contributed by atoms with Gasteiger partial charge in [-0.25, -0.2) is 0 Å². The number of ether oxygens (including phenoxy) is 1. The molecule has 0 aliphatic heterocycles. The fraction of sp³-hybridized carbons (Fsp3) is 0.423. The molecule has 0 bridgehead atoms. The maximum absolute atomic E-state index is 12.3. The molecule has 0 amide bonds. The zero-order valence-corrected chi connectivity index (χ0v) is 18.4. The molecule has 2 aromatic carbocycles. The van der Waals surface area contributed by atoms with Crippen molar-refractivity contribution in [2.24, 2.45) is 0 Å². The molecular weight excluding hydrogens is 388 g/mol. The minimum absolute atomic E-state index is 0.255. The number of aromatic nitrogens is 1. The first kappa shape index (κ1) is 21.4. The van der Waals surface area contributed by atoms with Crippen molar-refractivity contribution < 1.29 is 14.6 Å². The molecule has 1 aromatic heterocycles. The van der Waals surface area contributed by atoms with Crippen LogP contribution in [0.25, 0.3) is 10.9 Å². The summed E-state index contributed by atoms with van der Waals surface area (Å²) in [5, 5.41) is 16.9. The van der Waals surface area contributed by atoms with Gasteiger partial charge in [-0.1, -0.05) is 55.5 Å². The van der Waals surface area contributed by atoms with Gasteiger partial charge in [-0.05, 0) is 37.5 Å². The molecule has 1 saturated carbocycles. The highest BCUT2D eigenvalue weighted by Crippen LogP contribution is 2.31. The van der Waals surface area contributed by atoms with Crippen LogP contribution in [0.3, 0.4) is 0 Å². The molecule has 1 fully saturated rings. The van der Waals surface area contributed by atoms with Crippen LogP contribution in [-0.2, 0) is 13.1 Å². The Balaban J connectivity index is 1.75. The minimum Gasteiger partial charge on any atom is -0.543 e. The van der Waals surface area contributed by atoms with Gasteiger partial charge >= 0.3 is 0 Å². The number of hydrogen-bond acceptors (Lipinski definition) is 4. The smallest absolute Gasteiger partial charge is 0.120 e. The third-order valence-corrected chi connectivity index (χ3v) is 6.45. The van der Waals surface area contributed by atoms with Crippen molar-refractivity contribution in [3.63, 3.8) is 0 Å². The quantitative estimate of drug-likeness (QED) is 0.584. The summed E-state index contributed by atoms with van der Waals surface area (Å²) in [7, 11) is 1.63. The van der Waals surface area contributed by atoms with E-state index in [1.54, 1.807) is 7.11 Å². The average Bonchev–Trinajstić information content (AvgIpc) is 2.91. The summed E-state index contributed by atoms with van der Waals surface area (Å²) in [6, 6.07) is 14.4. The maximum Gasteiger partial charge on any atom is 0.120 e. The van der Waals surface area contributed by atoms with Crippen molar-refractivity contribution in [3.05, 3.63) is 64.8 Å². The van der Waals surface area contributed by atoms with Gasteiger partial charge in [0.1, 0.15) is 5.75 Å². The van der Waals surface area contributed by atoms with Crippen molar-refractivity contribution in [1.29, 1.82) is 0 Å². The summed E-state index contributed by atoms with van der Waals surface area (Å²) in [4.78, 5) is 12.3. The molecule has 0 saturated heterocycles. The van der Waals surface area contributed by atoms with Crippen LogP contribution >= 0.6 is 0 Å². The van der Waals surface area contributed by atoms with Crippen LogP contribution in [0.15, 0.2) is 42.5 Å². The molecule has 1 aliphatic carbocycles. The second kappa shape index (κ2) is 9.56. The Hall–Kier alpha value is -2.79. The van der Waals surface area contributed by atoms with Crippen LogP contribution in [0.5, 0.6) is 5.75 Å². The molecule has 164 valence electrons. The van der Waals surface area contributed by atoms with E-state index in [0.717, 1.165) is 34.9 Å². The number of rotatable bonds is 7. The number of fused-ring (bicyclic) bond motifs is 1. The van der Waals surface area contributed by atoms with Gasteiger partial charge in [0.25, 0.3) is 0 Å². The van der Waals surface area contributed by atoms with Gasteiger partial charge in [-0.2, -0.15) is 0 Å². The number of methoxy groups -OCH3 is 1. The molecule has 5 heteroatoms. The van der Waals surface area contributed by atoms with Gasteiger partial charge in [0.2, 0.25) is 0 Å². The van der Waals surface area contributed by atoms with E-state index >= 15 is 0 Å². The predicted octanol–water partition coefficient (Wildman–Crippen LogP) is 4.18. The van der Waals surface area contributed by atoms with Gasteiger partial charge in [0.15, 0.2) is 0 Å². The van der Waals surface area contributed by atoms with Crippen molar-refractivity contribution in [2.75, 3.05) is 7.11 Å². The summed E-state index contributed by atoms with van der Waals surface area (Å²) >= 11 is 0. The maximum atomic E-state index is 12.3. The number of carboxylic acids is 1. The lowest BCUT2D eigenvalue weighted by molar-refractivity contribution is -0.255. The number of carbonyl (C=O) groups is 1. The number of nitrogens with zero attached hydrogens (tertiary/aromatic N) is 1. The second-order valence-corrected chi connectivity index (χ2v) is 8.64. The Morgan fingerprint density at radius 1 is 1.10 bits per heavy atom. The molecule has 0 spiro atoms. The Kier molecular flexibility index (Phi) is 6.62. The van der Waals surface area contributed by atoms with E-state index < -0.39 is 5.97 Å². The Bertz CT molecular complexity index is 1040. The standard InChI is InChI=1S/C26H32N2O3/c1-18-9-11-19(12-10-18)17-28-24-15-21(31-2)13-14-22(24)23(25(28)26(29)30)16-27-20-7-5-3-4-6-8-20/h9-15,20,27H,3-8,16-17H2,1-2H3,(H,29,30)/p-1. The zero-order valence-electron chi connectivity index (χ0n) is 18.4. The van der Waals surface area contributed by atoms with Gasteiger partial charge in [-0.3, -0.25) is 0 Å². The van der Waals surface area contributed by atoms with Crippen LogP contribution in [0, 0.1) is 6.92 Å². The number of aryl methyl sites for hydroxylation is 1. The van der Waals surface area contributed by atoms with Crippen molar-refractivity contribution in [2.45, 2.75) is 64.6 Å². The van der Waals surface area contributed by atoms with Gasteiger partial charge in [0, 0.05) is 36.1 Å². The Labute approximate surface area is 184 Å². The molecule has 3 aromatic rings. The van der Waals surface area contributed by atoms with Crippen molar-refractivity contribution in [3.8, 4) is 5.75 Å². The van der Waals surface area contributed by atoms with Crippen LogP contribution in [0.1, 0.15) is 65.7 Å².